The van der Waals surface area contributed by atoms with Crippen molar-refractivity contribution in [2.45, 2.75) is 21.3 Å². The second-order valence-corrected chi connectivity index (χ2v) is 15.0. The molecule has 0 spiro atoms. The van der Waals surface area contributed by atoms with Crippen molar-refractivity contribution in [3.05, 3.63) is 160 Å². The Morgan fingerprint density at radius 3 is 1.57 bits per heavy atom. The first kappa shape index (κ1) is 51.3. The van der Waals surface area contributed by atoms with Gasteiger partial charge in [0.2, 0.25) is 0 Å². The van der Waals surface area contributed by atoms with Crippen molar-refractivity contribution in [2.24, 2.45) is 0 Å². The molecule has 4 amide bonds. The Kier molecular flexibility index (Phi) is 17.6. The highest BCUT2D eigenvalue weighted by Gasteiger charge is 2.21. The van der Waals surface area contributed by atoms with Crippen molar-refractivity contribution in [1.82, 2.24) is 49.8 Å². The van der Waals surface area contributed by atoms with E-state index in [4.69, 9.17) is 20.6 Å². The quantitative estimate of drug-likeness (QED) is 0.138. The molecule has 8 heterocycles. The van der Waals surface area contributed by atoms with E-state index in [1.165, 1.54) is 37.8 Å². The predicted molar refractivity (Wildman–Crippen MR) is 261 cm³/mol. The molecule has 69 heavy (non-hydrogen) atoms. The van der Waals surface area contributed by atoms with Crippen LogP contribution < -0.4 is 25.9 Å². The summed E-state index contributed by atoms with van der Waals surface area (Å²) in [5.41, 5.74) is 5.84. The summed E-state index contributed by atoms with van der Waals surface area (Å²) in [5, 5.41) is 48.7. The number of fused-ring (bicyclic) bond motifs is 2. The second kappa shape index (κ2) is 23.7. The number of rotatable bonds is 10. The van der Waals surface area contributed by atoms with Crippen LogP contribution in [0.4, 0.5) is 11.6 Å². The maximum absolute atomic E-state index is 13.2. The van der Waals surface area contributed by atoms with Crippen LogP contribution in [0.2, 0.25) is 0 Å². The van der Waals surface area contributed by atoms with Crippen LogP contribution in [0, 0.1) is 22.7 Å². The Hall–Kier alpha value is -8.70. The van der Waals surface area contributed by atoms with E-state index < -0.39 is 7.12 Å². The van der Waals surface area contributed by atoms with Crippen LogP contribution in [0.1, 0.15) is 74.1 Å². The molecule has 0 radical (unpaired) electrons. The molecule has 0 aliphatic carbocycles. The topological polar surface area (TPSA) is 273 Å². The highest BCUT2D eigenvalue weighted by molar-refractivity contribution is 9.10. The van der Waals surface area contributed by atoms with Crippen molar-refractivity contribution in [3.63, 3.8) is 0 Å². The molecular formula is C47H44BBrN14O6. The van der Waals surface area contributed by atoms with E-state index in [9.17, 15) is 19.2 Å². The minimum Gasteiger partial charge on any atom is -0.423 e. The number of halogens is 1. The molecule has 0 unspecified atom stereocenters. The molecule has 8 aromatic rings. The van der Waals surface area contributed by atoms with Crippen LogP contribution in [0.25, 0.3) is 22.2 Å². The molecule has 0 atom stereocenters. The summed E-state index contributed by atoms with van der Waals surface area (Å²) in [6.45, 7) is 4.63. The fourth-order valence-corrected chi connectivity index (χ4v) is 6.80. The molecular weight excluding hydrogens is 947 g/mol. The number of amides is 4. The number of carbonyl (C=O) groups excluding carboxylic acids is 4. The summed E-state index contributed by atoms with van der Waals surface area (Å²) in [6, 6.07) is 23.9. The standard InChI is InChI=1S/C23H19N7O2.C16H12BrN5O.C7H9BN2O3.CH4/c1-3-29(21-7-4-15(11-24)12-27-21)23(32)16-8-9-30-20(10-16)18(14-28-30)17-5-6-19(26-13-17)22(31)25-2;1-2-21(15-4-3-11(8-18)9-19-15)16(23)12-5-6-22-14(7-12)13(17)10-20-22;1-9-7(11)6-3-2-5(4-10-6)8(12)13;/h4-10,12-14H,3H2,1-2H3,(H,25,31);3-7,9-10H,2H2,1H3;2-4,12-13H,1H3,(H,9,11);1H4. The monoisotopic (exact) mass is 990 g/mol. The van der Waals surface area contributed by atoms with Crippen molar-refractivity contribution in [3.8, 4) is 23.3 Å². The second-order valence-electron chi connectivity index (χ2n) is 14.1. The van der Waals surface area contributed by atoms with Crippen LogP contribution >= 0.6 is 15.9 Å². The molecule has 22 heteroatoms. The number of carbonyl (C=O) groups is 4. The van der Waals surface area contributed by atoms with Gasteiger partial charge < -0.3 is 20.7 Å². The van der Waals surface area contributed by atoms with Gasteiger partial charge in [-0.2, -0.15) is 20.7 Å². The van der Waals surface area contributed by atoms with Crippen molar-refractivity contribution < 1.29 is 29.2 Å². The largest absolute Gasteiger partial charge is 0.490 e. The molecule has 348 valence electrons. The van der Waals surface area contributed by atoms with Gasteiger partial charge in [0.05, 0.1) is 39.0 Å². The molecule has 8 rings (SSSR count). The van der Waals surface area contributed by atoms with Gasteiger partial charge >= 0.3 is 7.12 Å². The van der Waals surface area contributed by atoms with Gasteiger partial charge in [0.1, 0.15) is 35.2 Å². The molecule has 20 nitrogen and oxygen atoms in total. The Labute approximate surface area is 404 Å². The summed E-state index contributed by atoms with van der Waals surface area (Å²) in [4.78, 5) is 68.2. The summed E-state index contributed by atoms with van der Waals surface area (Å²) < 4.78 is 4.19. The van der Waals surface area contributed by atoms with Crippen LogP contribution in [0.15, 0.2) is 127 Å². The molecule has 4 N–H and O–H groups in total. The first-order valence-corrected chi connectivity index (χ1v) is 21.3. The summed E-state index contributed by atoms with van der Waals surface area (Å²) in [5.74, 6) is 0.0511. The normalized spacial score (nSPS) is 10.2. The number of hydrogen-bond donors (Lipinski definition) is 4. The lowest BCUT2D eigenvalue weighted by molar-refractivity contribution is 0.0950. The summed E-state index contributed by atoms with van der Waals surface area (Å²) in [6.07, 6.45) is 12.6. The minimum atomic E-state index is -1.55. The lowest BCUT2D eigenvalue weighted by Crippen LogP contribution is -2.31. The Morgan fingerprint density at radius 1 is 0.652 bits per heavy atom. The fraction of sp³-hybridized carbons (Fsp3) is 0.149. The van der Waals surface area contributed by atoms with Gasteiger partial charge in [-0.25, -0.2) is 19.0 Å². The molecule has 0 aliphatic heterocycles. The third kappa shape index (κ3) is 12.0. The predicted octanol–water partition coefficient (Wildman–Crippen LogP) is 4.48. The van der Waals surface area contributed by atoms with E-state index in [1.807, 2.05) is 26.0 Å². The van der Waals surface area contributed by atoms with E-state index in [0.717, 1.165) is 26.6 Å². The first-order valence-electron chi connectivity index (χ1n) is 20.5. The van der Waals surface area contributed by atoms with Crippen LogP contribution in [0.5, 0.6) is 0 Å². The Bertz CT molecular complexity index is 3170. The zero-order valence-electron chi connectivity index (χ0n) is 36.8. The highest BCUT2D eigenvalue weighted by atomic mass is 79.9. The molecule has 0 saturated carbocycles. The SMILES string of the molecule is C.CCN(C(=O)c1ccn2ncc(-c3ccc(C(=O)NC)nc3)c2c1)c1ccc(C#N)cn1.CCN(C(=O)c1ccn2ncc(Br)c2c1)c1ccc(C#N)cn1.CNC(=O)c1ccc(B(O)O)cn1. The van der Waals surface area contributed by atoms with Crippen molar-refractivity contribution >= 4 is 74.8 Å². The Morgan fingerprint density at radius 2 is 1.14 bits per heavy atom. The molecule has 0 aliphatic rings. The molecule has 8 aromatic heterocycles. The molecule has 0 bridgehead atoms. The number of nitriles is 2. The first-order chi connectivity index (χ1) is 32.8. The number of hydrogen-bond acceptors (Lipinski definition) is 14. The van der Waals surface area contributed by atoms with Crippen molar-refractivity contribution in [1.29, 1.82) is 10.5 Å². The average Bonchev–Trinajstić information content (AvgIpc) is 3.99. The maximum atomic E-state index is 13.2. The fourth-order valence-electron chi connectivity index (χ4n) is 6.41. The summed E-state index contributed by atoms with van der Waals surface area (Å²) in [7, 11) is 1.50. The van der Waals surface area contributed by atoms with E-state index in [1.54, 1.807) is 118 Å². The number of aromatic nitrogens is 8. The van der Waals surface area contributed by atoms with Gasteiger partial charge in [-0.05, 0) is 90.4 Å². The zero-order chi connectivity index (χ0) is 48.9. The van der Waals surface area contributed by atoms with Crippen LogP contribution in [-0.2, 0) is 0 Å². The van der Waals surface area contributed by atoms with Gasteiger partial charge in [0.15, 0.2) is 0 Å². The van der Waals surface area contributed by atoms with Crippen LogP contribution in [0.3, 0.4) is 0 Å². The lowest BCUT2D eigenvalue weighted by Gasteiger charge is -2.20. The minimum absolute atomic E-state index is 0. The molecule has 0 aromatic carbocycles. The Balaban J connectivity index is 0.000000209. The van der Waals surface area contributed by atoms with E-state index in [-0.39, 0.29) is 42.2 Å². The smallest absolute Gasteiger partial charge is 0.423 e. The number of pyridine rings is 6. The number of anilines is 2. The summed E-state index contributed by atoms with van der Waals surface area (Å²) >= 11 is 3.41. The third-order valence-electron chi connectivity index (χ3n) is 10.00. The molecule has 0 fully saturated rings. The molecule has 0 saturated heterocycles. The third-order valence-corrected chi connectivity index (χ3v) is 10.6. The lowest BCUT2D eigenvalue weighted by atomic mass is 9.82. The van der Waals surface area contributed by atoms with Gasteiger partial charge in [-0.15, -0.1) is 0 Å². The van der Waals surface area contributed by atoms with Crippen molar-refractivity contribution in [2.75, 3.05) is 37.0 Å². The highest BCUT2D eigenvalue weighted by Crippen LogP contribution is 2.26. The van der Waals surface area contributed by atoms with Gasteiger partial charge in [-0.3, -0.25) is 38.9 Å². The zero-order valence-corrected chi connectivity index (χ0v) is 38.4. The van der Waals surface area contributed by atoms with E-state index in [2.05, 4.69) is 56.7 Å². The van der Waals surface area contributed by atoms with Gasteiger partial charge in [0.25, 0.3) is 23.6 Å². The van der Waals surface area contributed by atoms with E-state index >= 15 is 0 Å². The van der Waals surface area contributed by atoms with E-state index in [0.29, 0.717) is 52.7 Å². The van der Waals surface area contributed by atoms with Gasteiger partial charge in [0, 0.05) is 92.1 Å². The van der Waals surface area contributed by atoms with Gasteiger partial charge in [-0.1, -0.05) is 19.6 Å². The average molecular weight is 992 g/mol. The van der Waals surface area contributed by atoms with Crippen LogP contribution in [-0.4, -0.2) is 107 Å². The number of nitrogens with one attached hydrogen (secondary N) is 2. The maximum Gasteiger partial charge on any atom is 0.490 e. The number of nitrogens with zero attached hydrogens (tertiary/aromatic N) is 12.